The second kappa shape index (κ2) is 10.9. The second-order valence-electron chi connectivity index (χ2n) is 7.69. The topological polar surface area (TPSA) is 38.7 Å². The van der Waals surface area contributed by atoms with Gasteiger partial charge in [0.05, 0.1) is 19.8 Å². The minimum absolute atomic E-state index is 0.124. The Kier molecular flexibility index (Phi) is 7.47. The molecule has 1 N–H and O–H groups in total. The first-order valence-electron chi connectivity index (χ1n) is 10.9. The van der Waals surface area contributed by atoms with E-state index in [1.807, 2.05) is 84.9 Å². The van der Waals surface area contributed by atoms with Crippen LogP contribution in [-0.4, -0.2) is 24.4 Å². The van der Waals surface area contributed by atoms with Crippen molar-refractivity contribution in [2.75, 3.05) is 13.2 Å². The number of rotatable bonds is 10. The molecule has 0 saturated heterocycles. The molecule has 0 aliphatic carbocycles. The predicted octanol–water partition coefficient (Wildman–Crippen LogP) is 5.57. The van der Waals surface area contributed by atoms with E-state index < -0.39 is 11.7 Å². The average molecular weight is 425 g/mol. The molecule has 0 aliphatic heterocycles. The first-order valence-corrected chi connectivity index (χ1v) is 10.9. The van der Waals surface area contributed by atoms with E-state index in [1.54, 1.807) is 0 Å². The molecule has 0 saturated carbocycles. The highest BCUT2D eigenvalue weighted by atomic mass is 16.5. The van der Waals surface area contributed by atoms with Crippen LogP contribution in [0.5, 0.6) is 0 Å². The van der Waals surface area contributed by atoms with Gasteiger partial charge in [-0.05, 0) is 22.3 Å². The van der Waals surface area contributed by atoms with Crippen LogP contribution in [0.15, 0.2) is 121 Å². The lowest BCUT2D eigenvalue weighted by atomic mass is 9.80. The molecular formula is C29H28O3. The fourth-order valence-electron chi connectivity index (χ4n) is 3.93. The van der Waals surface area contributed by atoms with Gasteiger partial charge in [0.2, 0.25) is 0 Å². The van der Waals surface area contributed by atoms with Crippen molar-refractivity contribution in [3.05, 3.63) is 144 Å². The first-order chi connectivity index (χ1) is 15.8. The summed E-state index contributed by atoms with van der Waals surface area (Å²) in [5.74, 6) is 0. The van der Waals surface area contributed by atoms with Crippen LogP contribution in [-0.2, 0) is 21.7 Å². The third-order valence-corrected chi connectivity index (χ3v) is 5.56. The first kappa shape index (κ1) is 22.0. The molecule has 4 rings (SSSR count). The largest absolute Gasteiger partial charge is 0.394 e. The highest BCUT2D eigenvalue weighted by molar-refractivity contribution is 5.47. The minimum atomic E-state index is -0.826. The van der Waals surface area contributed by atoms with E-state index in [2.05, 4.69) is 36.4 Å². The molecule has 0 amide bonds. The molecule has 0 aromatic heterocycles. The molecule has 32 heavy (non-hydrogen) atoms. The van der Waals surface area contributed by atoms with Crippen molar-refractivity contribution in [3.63, 3.8) is 0 Å². The quantitative estimate of drug-likeness (QED) is 0.338. The van der Waals surface area contributed by atoms with Gasteiger partial charge in [0, 0.05) is 0 Å². The van der Waals surface area contributed by atoms with Gasteiger partial charge in [-0.1, -0.05) is 121 Å². The van der Waals surface area contributed by atoms with Crippen LogP contribution in [0, 0.1) is 0 Å². The van der Waals surface area contributed by atoms with E-state index in [-0.39, 0.29) is 13.2 Å². The molecule has 0 aliphatic rings. The lowest BCUT2D eigenvalue weighted by Crippen LogP contribution is -2.37. The van der Waals surface area contributed by atoms with Crippen molar-refractivity contribution < 1.29 is 14.6 Å². The van der Waals surface area contributed by atoms with Crippen LogP contribution in [0.3, 0.4) is 0 Å². The molecular weight excluding hydrogens is 396 g/mol. The smallest absolute Gasteiger partial charge is 0.143 e. The Balaban J connectivity index is 1.67. The Labute approximate surface area is 189 Å². The molecule has 0 radical (unpaired) electrons. The van der Waals surface area contributed by atoms with Gasteiger partial charge in [0.15, 0.2) is 0 Å². The maximum atomic E-state index is 10.0. The standard InChI is InChI=1S/C29H28O3/c30-21-28(31-22-24-13-5-1-6-14-24)23-32-29(25-15-7-2-8-16-25,26-17-9-3-10-18-26)27-19-11-4-12-20-27/h1-20,28,30H,21-23H2. The number of benzene rings is 4. The van der Waals surface area contributed by atoms with E-state index in [1.165, 1.54) is 0 Å². The fraction of sp³-hybridized carbons (Fsp3) is 0.172. The second-order valence-corrected chi connectivity index (χ2v) is 7.69. The van der Waals surface area contributed by atoms with E-state index in [4.69, 9.17) is 9.47 Å². The summed E-state index contributed by atoms with van der Waals surface area (Å²) >= 11 is 0. The molecule has 162 valence electrons. The van der Waals surface area contributed by atoms with Crippen LogP contribution in [0.25, 0.3) is 0 Å². The molecule has 0 heterocycles. The van der Waals surface area contributed by atoms with Gasteiger partial charge in [-0.25, -0.2) is 0 Å². The molecule has 1 unspecified atom stereocenters. The van der Waals surface area contributed by atoms with Gasteiger partial charge in [-0.15, -0.1) is 0 Å². The summed E-state index contributed by atoms with van der Waals surface area (Å²) in [4.78, 5) is 0. The monoisotopic (exact) mass is 424 g/mol. The zero-order chi connectivity index (χ0) is 22.1. The Morgan fingerprint density at radius 1 is 0.594 bits per heavy atom. The minimum Gasteiger partial charge on any atom is -0.394 e. The molecule has 3 nitrogen and oxygen atoms in total. The van der Waals surface area contributed by atoms with Crippen molar-refractivity contribution in [2.24, 2.45) is 0 Å². The molecule has 0 fully saturated rings. The van der Waals surface area contributed by atoms with Crippen LogP contribution in [0.4, 0.5) is 0 Å². The molecule has 0 spiro atoms. The maximum absolute atomic E-state index is 10.0. The summed E-state index contributed by atoms with van der Waals surface area (Å²) in [6, 6.07) is 40.6. The van der Waals surface area contributed by atoms with Gasteiger partial charge in [0.25, 0.3) is 0 Å². The number of ether oxygens (including phenoxy) is 2. The fourth-order valence-corrected chi connectivity index (χ4v) is 3.93. The SMILES string of the molecule is OCC(COC(c1ccccc1)(c1ccccc1)c1ccccc1)OCc1ccccc1. The Hall–Kier alpha value is -3.24. The number of hydrogen-bond acceptors (Lipinski definition) is 3. The Morgan fingerprint density at radius 2 is 1.00 bits per heavy atom. The van der Waals surface area contributed by atoms with Crippen LogP contribution >= 0.6 is 0 Å². The number of hydrogen-bond donors (Lipinski definition) is 1. The van der Waals surface area contributed by atoms with Gasteiger partial charge in [-0.3, -0.25) is 0 Å². The third-order valence-electron chi connectivity index (χ3n) is 5.56. The summed E-state index contributed by atoms with van der Waals surface area (Å²) in [5, 5.41) is 10.0. The zero-order valence-corrected chi connectivity index (χ0v) is 18.0. The van der Waals surface area contributed by atoms with Crippen molar-refractivity contribution in [3.8, 4) is 0 Å². The molecule has 1 atom stereocenters. The van der Waals surface area contributed by atoms with Crippen LogP contribution in [0.2, 0.25) is 0 Å². The Morgan fingerprint density at radius 3 is 1.41 bits per heavy atom. The van der Waals surface area contributed by atoms with E-state index in [0.29, 0.717) is 6.61 Å². The third kappa shape index (κ3) is 4.97. The van der Waals surface area contributed by atoms with Gasteiger partial charge < -0.3 is 14.6 Å². The normalized spacial score (nSPS) is 12.4. The highest BCUT2D eigenvalue weighted by Crippen LogP contribution is 2.40. The lowest BCUT2D eigenvalue weighted by molar-refractivity contribution is -0.0859. The van der Waals surface area contributed by atoms with E-state index in [0.717, 1.165) is 22.3 Å². The summed E-state index contributed by atoms with van der Waals surface area (Å²) in [6.07, 6.45) is -0.453. The van der Waals surface area contributed by atoms with Gasteiger partial charge >= 0.3 is 0 Å². The predicted molar refractivity (Wildman–Crippen MR) is 127 cm³/mol. The summed E-state index contributed by atoms with van der Waals surface area (Å²) in [7, 11) is 0. The molecule has 3 heteroatoms. The van der Waals surface area contributed by atoms with E-state index in [9.17, 15) is 5.11 Å². The van der Waals surface area contributed by atoms with E-state index >= 15 is 0 Å². The summed E-state index contributed by atoms with van der Waals surface area (Å²) < 4.78 is 12.7. The highest BCUT2D eigenvalue weighted by Gasteiger charge is 2.38. The lowest BCUT2D eigenvalue weighted by Gasteiger charge is -2.37. The molecule has 0 bridgehead atoms. The molecule has 4 aromatic rings. The van der Waals surface area contributed by atoms with Crippen molar-refractivity contribution in [2.45, 2.75) is 18.3 Å². The summed E-state index contributed by atoms with van der Waals surface area (Å²) in [5.41, 5.74) is 3.31. The summed E-state index contributed by atoms with van der Waals surface area (Å²) in [6.45, 7) is 0.535. The van der Waals surface area contributed by atoms with Crippen molar-refractivity contribution >= 4 is 0 Å². The van der Waals surface area contributed by atoms with Gasteiger partial charge in [0.1, 0.15) is 11.7 Å². The zero-order valence-electron chi connectivity index (χ0n) is 18.0. The van der Waals surface area contributed by atoms with Gasteiger partial charge in [-0.2, -0.15) is 0 Å². The number of aliphatic hydroxyl groups is 1. The van der Waals surface area contributed by atoms with Crippen molar-refractivity contribution in [1.82, 2.24) is 0 Å². The average Bonchev–Trinajstić information content (AvgIpc) is 2.89. The van der Waals surface area contributed by atoms with Crippen LogP contribution < -0.4 is 0 Å². The Bertz CT molecular complexity index is 954. The molecule has 4 aromatic carbocycles. The maximum Gasteiger partial charge on any atom is 0.143 e. The van der Waals surface area contributed by atoms with Crippen LogP contribution in [0.1, 0.15) is 22.3 Å². The number of aliphatic hydroxyl groups excluding tert-OH is 1. The van der Waals surface area contributed by atoms with Crippen molar-refractivity contribution in [1.29, 1.82) is 0 Å².